The van der Waals surface area contributed by atoms with Crippen LogP contribution in [0.4, 0.5) is 0 Å². The van der Waals surface area contributed by atoms with E-state index in [2.05, 4.69) is 29.1 Å². The molecule has 1 rings (SSSR count). The summed E-state index contributed by atoms with van der Waals surface area (Å²) < 4.78 is 24.7. The molecule has 98 valence electrons. The summed E-state index contributed by atoms with van der Waals surface area (Å²) in [5, 5.41) is 3.26. The molecule has 0 aromatic carbocycles. The number of hydrogen-bond acceptors (Lipinski definition) is 3. The Balaban J connectivity index is 2.35. The Morgan fingerprint density at radius 1 is 1.35 bits per heavy atom. The molecule has 1 aromatic rings. The predicted molar refractivity (Wildman–Crippen MR) is 70.8 cm³/mol. The van der Waals surface area contributed by atoms with Crippen molar-refractivity contribution in [1.82, 2.24) is 9.88 Å². The van der Waals surface area contributed by atoms with Crippen molar-refractivity contribution in [1.29, 1.82) is 0 Å². The smallest absolute Gasteiger partial charge is 0.150 e. The quantitative estimate of drug-likeness (QED) is 0.767. The van der Waals surface area contributed by atoms with Gasteiger partial charge in [0.15, 0.2) is 0 Å². The van der Waals surface area contributed by atoms with E-state index in [4.69, 9.17) is 0 Å². The van der Waals surface area contributed by atoms with Crippen LogP contribution in [-0.4, -0.2) is 31.0 Å². The Labute approximate surface area is 104 Å². The van der Waals surface area contributed by atoms with Crippen LogP contribution in [0.25, 0.3) is 0 Å². The molecule has 5 heteroatoms. The molecule has 0 saturated carbocycles. The second kappa shape index (κ2) is 6.81. The second-order valence-corrected chi connectivity index (χ2v) is 6.60. The third-order valence-corrected chi connectivity index (χ3v) is 4.49. The van der Waals surface area contributed by atoms with Crippen molar-refractivity contribution in [3.8, 4) is 0 Å². The Bertz CT molecular complexity index is 423. The molecule has 0 aliphatic carbocycles. The van der Waals surface area contributed by atoms with Crippen molar-refractivity contribution in [2.24, 2.45) is 0 Å². The maximum absolute atomic E-state index is 11.3. The summed E-state index contributed by atoms with van der Waals surface area (Å²) in [5.41, 5.74) is 1.24. The summed E-state index contributed by atoms with van der Waals surface area (Å²) in [7, 11) is -2.82. The van der Waals surface area contributed by atoms with E-state index in [1.165, 1.54) is 5.56 Å². The molecule has 0 atom stereocenters. The van der Waals surface area contributed by atoms with E-state index in [1.807, 2.05) is 6.20 Å². The van der Waals surface area contributed by atoms with E-state index >= 15 is 0 Å². The molecule has 1 heterocycles. The van der Waals surface area contributed by atoms with Gasteiger partial charge < -0.3 is 9.88 Å². The lowest BCUT2D eigenvalue weighted by Crippen LogP contribution is -2.11. The second-order valence-electron chi connectivity index (χ2n) is 4.13. The average Bonchev–Trinajstić information content (AvgIpc) is 2.74. The first-order valence-electron chi connectivity index (χ1n) is 6.13. The minimum atomic E-state index is -2.82. The molecule has 0 aliphatic rings. The lowest BCUT2D eigenvalue weighted by molar-refractivity contribution is 0.587. The van der Waals surface area contributed by atoms with Crippen LogP contribution in [0, 0.1) is 0 Å². The van der Waals surface area contributed by atoms with Crippen LogP contribution >= 0.6 is 0 Å². The van der Waals surface area contributed by atoms with E-state index < -0.39 is 9.84 Å². The first-order chi connectivity index (χ1) is 8.07. The van der Waals surface area contributed by atoms with Crippen molar-refractivity contribution in [3.63, 3.8) is 0 Å². The Kier molecular flexibility index (Phi) is 5.71. The zero-order valence-corrected chi connectivity index (χ0v) is 11.5. The summed E-state index contributed by atoms with van der Waals surface area (Å²) >= 11 is 0. The third kappa shape index (κ3) is 5.37. The normalized spacial score (nSPS) is 11.9. The molecule has 0 fully saturated rings. The highest BCUT2D eigenvalue weighted by Gasteiger charge is 2.06. The number of nitrogens with one attached hydrogen (secondary N) is 1. The lowest BCUT2D eigenvalue weighted by Gasteiger charge is -2.03. The van der Waals surface area contributed by atoms with Crippen LogP contribution in [0.1, 0.15) is 25.8 Å². The van der Waals surface area contributed by atoms with Gasteiger partial charge in [0.2, 0.25) is 0 Å². The molecule has 0 radical (unpaired) electrons. The highest BCUT2D eigenvalue weighted by molar-refractivity contribution is 7.91. The topological polar surface area (TPSA) is 51.1 Å². The first-order valence-corrected chi connectivity index (χ1v) is 7.95. The molecular weight excluding hydrogens is 236 g/mol. The maximum Gasteiger partial charge on any atom is 0.150 e. The molecule has 1 N–H and O–H groups in total. The van der Waals surface area contributed by atoms with Crippen molar-refractivity contribution < 1.29 is 8.42 Å². The number of aromatic nitrogens is 1. The molecule has 0 saturated heterocycles. The van der Waals surface area contributed by atoms with Crippen LogP contribution in [0.15, 0.2) is 18.5 Å². The van der Waals surface area contributed by atoms with Crippen molar-refractivity contribution in [3.05, 3.63) is 24.0 Å². The van der Waals surface area contributed by atoms with Crippen LogP contribution in [0.3, 0.4) is 0 Å². The average molecular weight is 258 g/mol. The Hall–Kier alpha value is -0.810. The van der Waals surface area contributed by atoms with Gasteiger partial charge >= 0.3 is 0 Å². The molecule has 0 aliphatic heterocycles. The summed E-state index contributed by atoms with van der Waals surface area (Å²) in [6.07, 6.45) is 4.76. The number of aryl methyl sites for hydroxylation is 1. The van der Waals surface area contributed by atoms with Gasteiger partial charge in [-0.25, -0.2) is 8.42 Å². The Morgan fingerprint density at radius 2 is 2.12 bits per heavy atom. The van der Waals surface area contributed by atoms with Crippen LogP contribution < -0.4 is 5.32 Å². The molecule has 17 heavy (non-hydrogen) atoms. The lowest BCUT2D eigenvalue weighted by atomic mass is 10.3. The van der Waals surface area contributed by atoms with Crippen molar-refractivity contribution in [2.45, 2.75) is 33.4 Å². The van der Waals surface area contributed by atoms with Gasteiger partial charge in [-0.1, -0.05) is 13.8 Å². The fourth-order valence-corrected chi connectivity index (χ4v) is 2.47. The molecule has 1 aromatic heterocycles. The van der Waals surface area contributed by atoms with Gasteiger partial charge in [-0.3, -0.25) is 0 Å². The molecule has 0 amide bonds. The van der Waals surface area contributed by atoms with Crippen LogP contribution in [0.5, 0.6) is 0 Å². The summed E-state index contributed by atoms with van der Waals surface area (Å²) in [5.74, 6) is 0.522. The van der Waals surface area contributed by atoms with Crippen LogP contribution in [-0.2, 0) is 22.9 Å². The van der Waals surface area contributed by atoms with E-state index in [9.17, 15) is 8.42 Å². The third-order valence-electron chi connectivity index (χ3n) is 2.70. The zero-order valence-electron chi connectivity index (χ0n) is 10.6. The van der Waals surface area contributed by atoms with E-state index in [-0.39, 0.29) is 11.5 Å². The fraction of sp³-hybridized carbons (Fsp3) is 0.667. The highest BCUT2D eigenvalue weighted by Crippen LogP contribution is 2.03. The monoisotopic (exact) mass is 258 g/mol. The minimum Gasteiger partial charge on any atom is -0.354 e. The van der Waals surface area contributed by atoms with Crippen molar-refractivity contribution in [2.75, 3.05) is 18.1 Å². The zero-order chi connectivity index (χ0) is 12.7. The Morgan fingerprint density at radius 3 is 2.76 bits per heavy atom. The molecular formula is C12H22N2O2S. The fourth-order valence-electron chi connectivity index (χ4n) is 1.61. The van der Waals surface area contributed by atoms with E-state index in [0.29, 0.717) is 6.42 Å². The highest BCUT2D eigenvalue weighted by atomic mass is 32.2. The summed E-state index contributed by atoms with van der Waals surface area (Å²) in [6, 6.07) is 2.07. The number of hydrogen-bond donors (Lipinski definition) is 1. The molecule has 0 spiro atoms. The predicted octanol–water partition coefficient (Wildman–Crippen LogP) is 1.42. The largest absolute Gasteiger partial charge is 0.354 e. The first kappa shape index (κ1) is 14.3. The molecule has 4 nitrogen and oxygen atoms in total. The summed E-state index contributed by atoms with van der Waals surface area (Å²) in [4.78, 5) is 0. The van der Waals surface area contributed by atoms with Crippen molar-refractivity contribution >= 4 is 9.84 Å². The van der Waals surface area contributed by atoms with Gasteiger partial charge in [0.05, 0.1) is 5.75 Å². The van der Waals surface area contributed by atoms with Gasteiger partial charge in [-0.2, -0.15) is 0 Å². The van der Waals surface area contributed by atoms with E-state index in [1.54, 1.807) is 6.92 Å². The number of sulfone groups is 1. The minimum absolute atomic E-state index is 0.240. The number of rotatable bonds is 8. The maximum atomic E-state index is 11.3. The number of nitrogens with zero attached hydrogens (tertiary/aromatic N) is 1. The standard InChI is InChI=1S/C12H22N2O2S/c1-3-13-10-12-6-8-14(11-12)7-5-9-17(15,16)4-2/h6,8,11,13H,3-5,7,9-10H2,1-2H3. The molecule has 0 unspecified atom stereocenters. The van der Waals surface area contributed by atoms with Crippen LogP contribution in [0.2, 0.25) is 0 Å². The SMILES string of the molecule is CCNCc1ccn(CCCS(=O)(=O)CC)c1. The van der Waals surface area contributed by atoms with Gasteiger partial charge in [-0.05, 0) is 24.6 Å². The van der Waals surface area contributed by atoms with Gasteiger partial charge in [-0.15, -0.1) is 0 Å². The van der Waals surface area contributed by atoms with Gasteiger partial charge in [0.25, 0.3) is 0 Å². The van der Waals surface area contributed by atoms with E-state index in [0.717, 1.165) is 19.6 Å². The molecule has 0 bridgehead atoms. The summed E-state index contributed by atoms with van der Waals surface area (Å²) in [6.45, 7) is 6.37. The van der Waals surface area contributed by atoms with Gasteiger partial charge in [0, 0.05) is 31.2 Å². The van der Waals surface area contributed by atoms with Gasteiger partial charge in [0.1, 0.15) is 9.84 Å².